The number of methoxy groups -OCH3 is 2. The molecule has 1 atom stereocenters. The minimum atomic E-state index is -0.372. The maximum atomic E-state index is 10.9. The van der Waals surface area contributed by atoms with Gasteiger partial charge >= 0.3 is 0 Å². The van der Waals surface area contributed by atoms with E-state index in [1.165, 1.54) is 6.07 Å². The summed E-state index contributed by atoms with van der Waals surface area (Å²) in [6.07, 6.45) is 0. The minimum Gasteiger partial charge on any atom is -0.497 e. The lowest BCUT2D eigenvalue weighted by Gasteiger charge is -2.26. The Hall–Kier alpha value is -2.60. The molecule has 0 radical (unpaired) electrons. The molecular formula is C18H22N2O4. The lowest BCUT2D eigenvalue weighted by molar-refractivity contribution is -0.384. The third kappa shape index (κ3) is 4.02. The molecule has 2 rings (SSSR count). The van der Waals surface area contributed by atoms with E-state index in [2.05, 4.69) is 4.90 Å². The van der Waals surface area contributed by atoms with Crippen molar-refractivity contribution in [1.29, 1.82) is 0 Å². The number of nitro benzene ring substituents is 1. The van der Waals surface area contributed by atoms with E-state index in [9.17, 15) is 10.1 Å². The summed E-state index contributed by atoms with van der Waals surface area (Å²) in [5.41, 5.74) is 2.03. The lowest BCUT2D eigenvalue weighted by Crippen LogP contribution is -2.22. The highest BCUT2D eigenvalue weighted by molar-refractivity contribution is 5.41. The van der Waals surface area contributed by atoms with Crippen LogP contribution in [-0.2, 0) is 6.54 Å². The molecule has 0 aliphatic heterocycles. The normalized spacial score (nSPS) is 12.0. The fraction of sp³-hybridized carbons (Fsp3) is 0.333. The summed E-state index contributed by atoms with van der Waals surface area (Å²) in [4.78, 5) is 12.7. The largest absolute Gasteiger partial charge is 0.497 e. The van der Waals surface area contributed by atoms with Gasteiger partial charge in [0.15, 0.2) is 0 Å². The van der Waals surface area contributed by atoms with Gasteiger partial charge in [0, 0.05) is 36.3 Å². The van der Waals surface area contributed by atoms with E-state index in [0.29, 0.717) is 6.54 Å². The van der Waals surface area contributed by atoms with Crippen LogP contribution in [0.3, 0.4) is 0 Å². The first-order chi connectivity index (χ1) is 11.5. The van der Waals surface area contributed by atoms with Gasteiger partial charge < -0.3 is 9.47 Å². The predicted molar refractivity (Wildman–Crippen MR) is 92.5 cm³/mol. The first kappa shape index (κ1) is 17.7. The Kier molecular flexibility index (Phi) is 5.76. The molecule has 0 saturated carbocycles. The van der Waals surface area contributed by atoms with Crippen LogP contribution in [0.1, 0.15) is 24.1 Å². The Morgan fingerprint density at radius 3 is 2.54 bits per heavy atom. The molecule has 0 saturated heterocycles. The fourth-order valence-corrected chi connectivity index (χ4v) is 2.54. The van der Waals surface area contributed by atoms with Crippen molar-refractivity contribution in [3.63, 3.8) is 0 Å². The molecule has 0 amide bonds. The van der Waals surface area contributed by atoms with Crippen LogP contribution in [-0.4, -0.2) is 31.1 Å². The van der Waals surface area contributed by atoms with Crippen molar-refractivity contribution >= 4 is 5.69 Å². The number of hydrogen-bond donors (Lipinski definition) is 0. The van der Waals surface area contributed by atoms with Gasteiger partial charge in [-0.25, -0.2) is 0 Å². The number of nitrogens with zero attached hydrogens (tertiary/aromatic N) is 2. The number of ether oxygens (including phenoxy) is 2. The maximum Gasteiger partial charge on any atom is 0.269 e. The van der Waals surface area contributed by atoms with Crippen LogP contribution >= 0.6 is 0 Å². The summed E-state index contributed by atoms with van der Waals surface area (Å²) < 4.78 is 10.6. The highest BCUT2D eigenvalue weighted by atomic mass is 16.6. The first-order valence-corrected chi connectivity index (χ1v) is 7.61. The molecule has 2 aromatic carbocycles. The van der Waals surface area contributed by atoms with E-state index in [4.69, 9.17) is 9.47 Å². The summed E-state index contributed by atoms with van der Waals surface area (Å²) in [6.45, 7) is 2.67. The molecule has 2 aromatic rings. The molecule has 0 heterocycles. The number of benzene rings is 2. The van der Waals surface area contributed by atoms with Crippen molar-refractivity contribution in [3.8, 4) is 11.5 Å². The first-order valence-electron chi connectivity index (χ1n) is 7.61. The lowest BCUT2D eigenvalue weighted by atomic mass is 10.1. The van der Waals surface area contributed by atoms with Gasteiger partial charge in [-0.05, 0) is 25.6 Å². The average Bonchev–Trinajstić information content (AvgIpc) is 2.61. The number of hydrogen-bond acceptors (Lipinski definition) is 5. The molecule has 24 heavy (non-hydrogen) atoms. The van der Waals surface area contributed by atoms with E-state index in [-0.39, 0.29) is 16.7 Å². The van der Waals surface area contributed by atoms with Gasteiger partial charge in [0.05, 0.1) is 19.1 Å². The average molecular weight is 330 g/mol. The van der Waals surface area contributed by atoms with Crippen LogP contribution in [0.4, 0.5) is 5.69 Å². The summed E-state index contributed by atoms with van der Waals surface area (Å²) in [6, 6.07) is 12.5. The van der Waals surface area contributed by atoms with E-state index in [0.717, 1.165) is 22.6 Å². The summed E-state index contributed by atoms with van der Waals surface area (Å²) in [7, 11) is 5.22. The van der Waals surface area contributed by atoms with Crippen LogP contribution in [0.25, 0.3) is 0 Å². The molecule has 1 unspecified atom stereocenters. The molecule has 128 valence electrons. The zero-order valence-electron chi connectivity index (χ0n) is 14.4. The third-order valence-corrected chi connectivity index (χ3v) is 4.14. The summed E-state index contributed by atoms with van der Waals surface area (Å²) in [5.74, 6) is 1.50. The Morgan fingerprint density at radius 2 is 1.92 bits per heavy atom. The zero-order valence-corrected chi connectivity index (χ0v) is 14.4. The van der Waals surface area contributed by atoms with Crippen LogP contribution in [0.2, 0.25) is 0 Å². The standard InChI is InChI=1S/C18H22N2O4/c1-13(14-6-5-7-16(10-14)20(21)22)19(2)12-15-8-9-17(23-3)11-18(15)24-4/h5-11,13H,12H2,1-4H3. The molecule has 0 aromatic heterocycles. The molecule has 0 aliphatic carbocycles. The Bertz CT molecular complexity index is 718. The molecule has 0 bridgehead atoms. The van der Waals surface area contributed by atoms with Crippen molar-refractivity contribution < 1.29 is 14.4 Å². The van der Waals surface area contributed by atoms with Gasteiger partial charge in [-0.15, -0.1) is 0 Å². The molecular weight excluding hydrogens is 308 g/mol. The van der Waals surface area contributed by atoms with Crippen LogP contribution in [0.15, 0.2) is 42.5 Å². The fourth-order valence-electron chi connectivity index (χ4n) is 2.54. The van der Waals surface area contributed by atoms with Crippen molar-refractivity contribution in [2.45, 2.75) is 19.5 Å². The number of rotatable bonds is 7. The summed E-state index contributed by atoms with van der Waals surface area (Å²) >= 11 is 0. The molecule has 0 fully saturated rings. The maximum absolute atomic E-state index is 10.9. The van der Waals surface area contributed by atoms with Gasteiger partial charge in [-0.2, -0.15) is 0 Å². The third-order valence-electron chi connectivity index (χ3n) is 4.14. The van der Waals surface area contributed by atoms with Crippen LogP contribution < -0.4 is 9.47 Å². The second kappa shape index (κ2) is 7.79. The van der Waals surface area contributed by atoms with Crippen LogP contribution in [0, 0.1) is 10.1 Å². The van der Waals surface area contributed by atoms with Gasteiger partial charge in [0.2, 0.25) is 0 Å². The predicted octanol–water partition coefficient (Wildman–Crippen LogP) is 3.81. The Morgan fingerprint density at radius 1 is 1.17 bits per heavy atom. The minimum absolute atomic E-state index is 0.0247. The van der Waals surface area contributed by atoms with Crippen molar-refractivity contribution in [2.24, 2.45) is 0 Å². The number of nitro groups is 1. The van der Waals surface area contributed by atoms with Crippen molar-refractivity contribution in [2.75, 3.05) is 21.3 Å². The Balaban J connectivity index is 2.18. The summed E-state index contributed by atoms with van der Waals surface area (Å²) in [5, 5.41) is 10.9. The van der Waals surface area contributed by atoms with E-state index >= 15 is 0 Å². The molecule has 6 nitrogen and oxygen atoms in total. The van der Waals surface area contributed by atoms with E-state index < -0.39 is 0 Å². The highest BCUT2D eigenvalue weighted by Gasteiger charge is 2.17. The molecule has 0 N–H and O–H groups in total. The van der Waals surface area contributed by atoms with Gasteiger partial charge in [-0.1, -0.05) is 18.2 Å². The molecule has 0 spiro atoms. The van der Waals surface area contributed by atoms with Crippen molar-refractivity contribution in [3.05, 3.63) is 63.7 Å². The van der Waals surface area contributed by atoms with Gasteiger partial charge in [0.1, 0.15) is 11.5 Å². The van der Waals surface area contributed by atoms with E-state index in [1.807, 2.05) is 38.2 Å². The molecule has 6 heteroatoms. The monoisotopic (exact) mass is 330 g/mol. The van der Waals surface area contributed by atoms with Crippen LogP contribution in [0.5, 0.6) is 11.5 Å². The quantitative estimate of drug-likeness (QED) is 0.570. The molecule has 0 aliphatic rings. The Labute approximate surface area is 141 Å². The number of non-ortho nitro benzene ring substituents is 1. The second-order valence-corrected chi connectivity index (χ2v) is 5.62. The topological polar surface area (TPSA) is 64.8 Å². The van der Waals surface area contributed by atoms with Gasteiger partial charge in [-0.3, -0.25) is 15.0 Å². The van der Waals surface area contributed by atoms with Gasteiger partial charge in [0.25, 0.3) is 5.69 Å². The van der Waals surface area contributed by atoms with Crippen molar-refractivity contribution in [1.82, 2.24) is 4.90 Å². The second-order valence-electron chi connectivity index (χ2n) is 5.62. The highest BCUT2D eigenvalue weighted by Crippen LogP contribution is 2.29. The van der Waals surface area contributed by atoms with E-state index in [1.54, 1.807) is 26.4 Å². The SMILES string of the molecule is COc1ccc(CN(C)C(C)c2cccc([N+](=O)[O-])c2)c(OC)c1. The smallest absolute Gasteiger partial charge is 0.269 e. The zero-order chi connectivity index (χ0) is 17.7.